The van der Waals surface area contributed by atoms with Gasteiger partial charge in [0.1, 0.15) is 4.60 Å². The number of rotatable bonds is 2. The van der Waals surface area contributed by atoms with E-state index < -0.39 is 4.92 Å². The average molecular weight is 245 g/mol. The largest absolute Gasteiger partial charge is 0.298 e. The number of hydrogen-bond donors (Lipinski definition) is 0. The molecular formula is C7H5BrN2O3. The second kappa shape index (κ2) is 3.61. The minimum Gasteiger partial charge on any atom is -0.296 e. The smallest absolute Gasteiger partial charge is 0.296 e. The third-order valence-corrected chi connectivity index (χ3v) is 2.27. The highest BCUT2D eigenvalue weighted by Gasteiger charge is 2.16. The number of aldehydes is 1. The van der Waals surface area contributed by atoms with Crippen molar-refractivity contribution in [1.29, 1.82) is 0 Å². The molecule has 0 bridgehead atoms. The minimum absolute atomic E-state index is 0.164. The van der Waals surface area contributed by atoms with E-state index in [4.69, 9.17) is 0 Å². The zero-order valence-electron chi connectivity index (χ0n) is 6.65. The first-order valence-corrected chi connectivity index (χ1v) is 4.12. The van der Waals surface area contributed by atoms with Crippen molar-refractivity contribution in [3.8, 4) is 0 Å². The molecule has 5 nitrogen and oxygen atoms in total. The van der Waals surface area contributed by atoms with Gasteiger partial charge in [0.2, 0.25) is 0 Å². The molecule has 0 unspecified atom stereocenters. The van der Waals surface area contributed by atoms with E-state index in [0.717, 1.165) is 0 Å². The van der Waals surface area contributed by atoms with Crippen molar-refractivity contribution < 1.29 is 9.72 Å². The highest BCUT2D eigenvalue weighted by atomic mass is 79.9. The molecule has 0 aliphatic rings. The number of carbonyl (C=O) groups is 1. The lowest BCUT2D eigenvalue weighted by atomic mass is 10.2. The summed E-state index contributed by atoms with van der Waals surface area (Å²) in [6.45, 7) is 1.67. The molecule has 6 heteroatoms. The van der Waals surface area contributed by atoms with Crippen LogP contribution in [0.3, 0.4) is 0 Å². The van der Waals surface area contributed by atoms with Crippen LogP contribution < -0.4 is 0 Å². The van der Waals surface area contributed by atoms with Crippen molar-refractivity contribution in [2.24, 2.45) is 0 Å². The Morgan fingerprint density at radius 2 is 2.31 bits per heavy atom. The van der Waals surface area contributed by atoms with Gasteiger partial charge in [-0.3, -0.25) is 14.9 Å². The summed E-state index contributed by atoms with van der Waals surface area (Å²) in [6.07, 6.45) is 0.363. The van der Waals surface area contributed by atoms with E-state index in [9.17, 15) is 14.9 Å². The van der Waals surface area contributed by atoms with E-state index in [1.807, 2.05) is 0 Å². The summed E-state index contributed by atoms with van der Waals surface area (Å²) in [5.41, 5.74) is 0.190. The van der Waals surface area contributed by atoms with Crippen LogP contribution in [0.5, 0.6) is 0 Å². The fourth-order valence-corrected chi connectivity index (χ4v) is 1.13. The van der Waals surface area contributed by atoms with Gasteiger partial charge in [-0.15, -0.1) is 0 Å². The van der Waals surface area contributed by atoms with Crippen LogP contribution in [0.2, 0.25) is 0 Å². The summed E-state index contributed by atoms with van der Waals surface area (Å²) in [7, 11) is 0. The van der Waals surface area contributed by atoms with Gasteiger partial charge >= 0.3 is 0 Å². The van der Waals surface area contributed by atoms with Crippen molar-refractivity contribution in [1.82, 2.24) is 4.98 Å². The molecule has 1 aromatic rings. The molecule has 0 spiro atoms. The Morgan fingerprint density at radius 1 is 1.69 bits per heavy atom. The monoisotopic (exact) mass is 244 g/mol. The van der Waals surface area contributed by atoms with E-state index in [2.05, 4.69) is 20.9 Å². The highest BCUT2D eigenvalue weighted by molar-refractivity contribution is 9.10. The third kappa shape index (κ3) is 1.89. The SMILES string of the molecule is Cc1cc([N+](=O)[O-])c(C=O)nc1Br. The standard InChI is InChI=1S/C7H5BrN2O3/c1-4-2-6(10(12)13)5(3-11)9-7(4)8/h2-3H,1H3. The molecule has 13 heavy (non-hydrogen) atoms. The minimum atomic E-state index is -0.629. The van der Waals surface area contributed by atoms with Gasteiger partial charge in [0, 0.05) is 6.07 Å². The maximum Gasteiger partial charge on any atom is 0.298 e. The van der Waals surface area contributed by atoms with Crippen LogP contribution in [-0.2, 0) is 0 Å². The summed E-state index contributed by atoms with van der Waals surface area (Å²) < 4.78 is 0.445. The molecule has 0 N–H and O–H groups in total. The predicted molar refractivity (Wildman–Crippen MR) is 48.7 cm³/mol. The lowest BCUT2D eigenvalue weighted by molar-refractivity contribution is -0.385. The van der Waals surface area contributed by atoms with Crippen molar-refractivity contribution in [3.05, 3.63) is 32.0 Å². The van der Waals surface area contributed by atoms with E-state index >= 15 is 0 Å². The normalized spacial score (nSPS) is 9.69. The Hall–Kier alpha value is -1.30. The number of aromatic nitrogens is 1. The molecule has 0 amide bonds. The fourth-order valence-electron chi connectivity index (χ4n) is 0.823. The first kappa shape index (κ1) is 9.79. The van der Waals surface area contributed by atoms with Crippen molar-refractivity contribution in [2.75, 3.05) is 0 Å². The number of pyridine rings is 1. The average Bonchev–Trinajstić information content (AvgIpc) is 2.08. The van der Waals surface area contributed by atoms with E-state index in [0.29, 0.717) is 16.5 Å². The van der Waals surface area contributed by atoms with Gasteiger partial charge < -0.3 is 0 Å². The molecule has 1 heterocycles. The zero-order valence-corrected chi connectivity index (χ0v) is 8.24. The molecule has 0 aliphatic carbocycles. The second-order valence-corrected chi connectivity index (χ2v) is 3.13. The van der Waals surface area contributed by atoms with Gasteiger partial charge in [-0.25, -0.2) is 4.98 Å². The lowest BCUT2D eigenvalue weighted by Gasteiger charge is -1.98. The Bertz CT molecular complexity index is 378. The summed E-state index contributed by atoms with van der Waals surface area (Å²) in [6, 6.07) is 1.31. The molecule has 0 saturated carbocycles. The molecule has 68 valence electrons. The summed E-state index contributed by atoms with van der Waals surface area (Å²) in [5, 5.41) is 10.4. The maximum atomic E-state index is 10.4. The van der Waals surface area contributed by atoms with E-state index in [1.165, 1.54) is 6.07 Å². The molecule has 0 aliphatic heterocycles. The number of aryl methyl sites for hydroxylation is 1. The number of hydrogen-bond acceptors (Lipinski definition) is 4. The first-order valence-electron chi connectivity index (χ1n) is 3.33. The molecule has 0 saturated heterocycles. The lowest BCUT2D eigenvalue weighted by Crippen LogP contribution is -1.99. The zero-order chi connectivity index (χ0) is 10.0. The number of carbonyl (C=O) groups excluding carboxylic acids is 1. The van der Waals surface area contributed by atoms with Crippen molar-refractivity contribution in [3.63, 3.8) is 0 Å². The van der Waals surface area contributed by atoms with Crippen LogP contribution in [0.25, 0.3) is 0 Å². The van der Waals surface area contributed by atoms with Crippen molar-refractivity contribution in [2.45, 2.75) is 6.92 Å². The molecule has 0 atom stereocenters. The Morgan fingerprint density at radius 3 is 2.77 bits per heavy atom. The van der Waals surface area contributed by atoms with E-state index in [-0.39, 0.29) is 11.4 Å². The molecule has 1 aromatic heterocycles. The third-order valence-electron chi connectivity index (χ3n) is 1.47. The van der Waals surface area contributed by atoms with Gasteiger partial charge in [-0.2, -0.15) is 0 Å². The topological polar surface area (TPSA) is 73.1 Å². The Labute approximate surface area is 82.1 Å². The van der Waals surface area contributed by atoms with Gasteiger partial charge in [0.15, 0.2) is 12.0 Å². The van der Waals surface area contributed by atoms with Crippen molar-refractivity contribution >= 4 is 27.9 Å². The Kier molecular flexibility index (Phi) is 2.72. The Balaban J connectivity index is 3.41. The maximum absolute atomic E-state index is 10.4. The second-order valence-electron chi connectivity index (χ2n) is 2.38. The summed E-state index contributed by atoms with van der Waals surface area (Å²) in [4.78, 5) is 23.9. The molecular weight excluding hydrogens is 240 g/mol. The van der Waals surface area contributed by atoms with Gasteiger partial charge in [0.25, 0.3) is 5.69 Å². The van der Waals surface area contributed by atoms with Crippen LogP contribution in [0, 0.1) is 17.0 Å². The number of nitro groups is 1. The first-order chi connectivity index (χ1) is 6.06. The van der Waals surface area contributed by atoms with Crippen LogP contribution in [0.1, 0.15) is 16.1 Å². The predicted octanol–water partition coefficient (Wildman–Crippen LogP) is 1.87. The van der Waals surface area contributed by atoms with Gasteiger partial charge in [-0.1, -0.05) is 0 Å². The van der Waals surface area contributed by atoms with Crippen LogP contribution in [0.15, 0.2) is 10.7 Å². The summed E-state index contributed by atoms with van der Waals surface area (Å²) >= 11 is 3.08. The van der Waals surface area contributed by atoms with Crippen LogP contribution in [-0.4, -0.2) is 16.2 Å². The molecule has 0 radical (unpaired) electrons. The quantitative estimate of drug-likeness (QED) is 0.345. The number of halogens is 1. The van der Waals surface area contributed by atoms with Crippen LogP contribution in [0.4, 0.5) is 5.69 Å². The van der Waals surface area contributed by atoms with Gasteiger partial charge in [-0.05, 0) is 28.4 Å². The van der Waals surface area contributed by atoms with E-state index in [1.54, 1.807) is 6.92 Å². The highest BCUT2D eigenvalue weighted by Crippen LogP contribution is 2.21. The van der Waals surface area contributed by atoms with Gasteiger partial charge in [0.05, 0.1) is 4.92 Å². The molecule has 0 fully saturated rings. The molecule has 1 rings (SSSR count). The summed E-state index contributed by atoms with van der Waals surface area (Å²) in [5.74, 6) is 0. The fraction of sp³-hybridized carbons (Fsp3) is 0.143. The van der Waals surface area contributed by atoms with Crippen LogP contribution >= 0.6 is 15.9 Å². The molecule has 0 aromatic carbocycles. The number of nitrogens with zero attached hydrogens (tertiary/aromatic N) is 2.